The number of amides is 1. The fraction of sp³-hybridized carbons (Fsp3) is 0.222. The van der Waals surface area contributed by atoms with E-state index in [1.165, 1.54) is 18.2 Å². The van der Waals surface area contributed by atoms with Crippen molar-refractivity contribution >= 4 is 27.5 Å². The fourth-order valence-corrected chi connectivity index (χ4v) is 4.35. The highest BCUT2D eigenvalue weighted by molar-refractivity contribution is 7.90. The zero-order valence-corrected chi connectivity index (χ0v) is 16.0. The van der Waals surface area contributed by atoms with Gasteiger partial charge in [-0.2, -0.15) is 18.0 Å². The summed E-state index contributed by atoms with van der Waals surface area (Å²) in [4.78, 5) is 11.7. The second kappa shape index (κ2) is 7.43. The smallest absolute Gasteiger partial charge is 0.301 e. The first-order valence-electron chi connectivity index (χ1n) is 8.71. The lowest BCUT2D eigenvalue weighted by molar-refractivity contribution is 0.100. The molecule has 1 amide bonds. The van der Waals surface area contributed by atoms with E-state index in [0.29, 0.717) is 5.69 Å². The molecule has 1 fully saturated rings. The number of carbonyl (C=O) groups excluding carboxylic acids is 1. The molecule has 154 valence electrons. The highest BCUT2D eigenvalue weighted by Gasteiger charge is 2.32. The number of nitrogens with zero attached hydrogens (tertiary/aromatic N) is 4. The van der Waals surface area contributed by atoms with E-state index < -0.39 is 39.4 Å². The van der Waals surface area contributed by atoms with Crippen LogP contribution in [0.1, 0.15) is 22.3 Å². The summed E-state index contributed by atoms with van der Waals surface area (Å²) in [5, 5.41) is 16.6. The Bertz CT molecular complexity index is 1230. The van der Waals surface area contributed by atoms with Crippen LogP contribution in [0.5, 0.6) is 11.5 Å². The van der Waals surface area contributed by atoms with Crippen molar-refractivity contribution in [1.29, 1.82) is 5.26 Å². The number of azo groups is 1. The predicted molar refractivity (Wildman–Crippen MR) is 100 cm³/mol. The average Bonchev–Trinajstić information content (AvgIpc) is 3.31. The van der Waals surface area contributed by atoms with Crippen molar-refractivity contribution in [3.05, 3.63) is 47.3 Å². The Hall–Kier alpha value is -3.43. The fourth-order valence-electron chi connectivity index (χ4n) is 3.07. The molecular formula is C18H13F2N5O4S. The van der Waals surface area contributed by atoms with Crippen molar-refractivity contribution in [2.45, 2.75) is 12.6 Å². The quantitative estimate of drug-likeness (QED) is 0.774. The van der Waals surface area contributed by atoms with Gasteiger partial charge >= 0.3 is 10.2 Å². The van der Waals surface area contributed by atoms with Gasteiger partial charge in [0.25, 0.3) is 5.91 Å². The number of hydrogen-bond acceptors (Lipinski definition) is 6. The zero-order valence-electron chi connectivity index (χ0n) is 15.2. The molecule has 2 aliphatic rings. The number of fused-ring (bicyclic) bond motifs is 1. The van der Waals surface area contributed by atoms with E-state index in [1.54, 1.807) is 6.07 Å². The average molecular weight is 433 g/mol. The van der Waals surface area contributed by atoms with E-state index in [9.17, 15) is 27.3 Å². The van der Waals surface area contributed by atoms with Gasteiger partial charge in [-0.25, -0.2) is 8.78 Å². The first-order chi connectivity index (χ1) is 14.3. The normalized spacial score (nSPS) is 18.3. The molecule has 1 saturated heterocycles. The molecule has 9 nitrogen and oxygen atoms in total. The van der Waals surface area contributed by atoms with Crippen molar-refractivity contribution < 1.29 is 26.7 Å². The van der Waals surface area contributed by atoms with E-state index in [4.69, 9.17) is 4.74 Å². The van der Waals surface area contributed by atoms with Crippen LogP contribution in [0.2, 0.25) is 0 Å². The van der Waals surface area contributed by atoms with Crippen LogP contribution < -0.4 is 9.46 Å². The van der Waals surface area contributed by atoms with Crippen LogP contribution in [-0.4, -0.2) is 37.9 Å². The van der Waals surface area contributed by atoms with Crippen molar-refractivity contribution in [1.82, 2.24) is 4.31 Å². The molecule has 0 radical (unpaired) electrons. The highest BCUT2D eigenvalue weighted by Crippen LogP contribution is 2.36. The lowest BCUT2D eigenvalue weighted by atomic mass is 10.1. The van der Waals surface area contributed by atoms with E-state index in [0.717, 1.165) is 16.4 Å². The maximum absolute atomic E-state index is 14.4. The summed E-state index contributed by atoms with van der Waals surface area (Å²) in [7, 11) is -4.15. The summed E-state index contributed by atoms with van der Waals surface area (Å²) >= 11 is 0. The van der Waals surface area contributed by atoms with E-state index >= 15 is 0 Å². The van der Waals surface area contributed by atoms with Gasteiger partial charge in [-0.3, -0.25) is 9.52 Å². The molecule has 1 unspecified atom stereocenters. The summed E-state index contributed by atoms with van der Waals surface area (Å²) < 4.78 is 61.3. The van der Waals surface area contributed by atoms with Gasteiger partial charge in [-0.15, -0.1) is 10.2 Å². The largest absolute Gasteiger partial charge is 0.453 e. The Balaban J connectivity index is 1.66. The van der Waals surface area contributed by atoms with Gasteiger partial charge in [0.05, 0.1) is 16.9 Å². The van der Waals surface area contributed by atoms with Crippen molar-refractivity contribution in [3.63, 3.8) is 0 Å². The van der Waals surface area contributed by atoms with Gasteiger partial charge in [0, 0.05) is 13.1 Å². The molecule has 2 aromatic rings. The third-order valence-electron chi connectivity index (χ3n) is 4.56. The molecule has 2 aliphatic heterocycles. The molecule has 4 rings (SSSR count). The van der Waals surface area contributed by atoms with Gasteiger partial charge in [0.15, 0.2) is 11.6 Å². The Morgan fingerprint density at radius 2 is 2.07 bits per heavy atom. The van der Waals surface area contributed by atoms with Crippen LogP contribution in [0, 0.1) is 17.1 Å². The van der Waals surface area contributed by atoms with Gasteiger partial charge < -0.3 is 4.74 Å². The van der Waals surface area contributed by atoms with Gasteiger partial charge in [-0.1, -0.05) is 0 Å². The molecule has 2 aromatic carbocycles. The SMILES string of the molecule is N#Cc1c(NS(=O)(=O)N2CCC(F)C2)ccc(F)c1Oc1ccc2c(c1)C(=O)N=N2. The number of nitrogens with one attached hydrogen (secondary N) is 1. The van der Waals surface area contributed by atoms with Gasteiger partial charge in [0.1, 0.15) is 23.6 Å². The molecule has 1 N–H and O–H groups in total. The second-order valence-electron chi connectivity index (χ2n) is 6.55. The minimum Gasteiger partial charge on any atom is -0.453 e. The minimum atomic E-state index is -4.15. The predicted octanol–water partition coefficient (Wildman–Crippen LogP) is 3.43. The molecule has 30 heavy (non-hydrogen) atoms. The van der Waals surface area contributed by atoms with E-state index in [2.05, 4.69) is 15.0 Å². The Labute approximate surface area is 169 Å². The Kier molecular flexibility index (Phi) is 4.92. The number of alkyl halides is 1. The molecule has 0 spiro atoms. The summed E-state index contributed by atoms with van der Waals surface area (Å²) in [5.41, 5.74) is -0.154. The maximum atomic E-state index is 14.4. The lowest BCUT2D eigenvalue weighted by Crippen LogP contribution is -2.34. The summed E-state index contributed by atoms with van der Waals surface area (Å²) in [6.07, 6.45) is -1.20. The van der Waals surface area contributed by atoms with Crippen molar-refractivity contribution in [2.75, 3.05) is 17.8 Å². The number of ether oxygens (including phenoxy) is 1. The van der Waals surface area contributed by atoms with E-state index in [1.807, 2.05) is 0 Å². The molecule has 0 aromatic heterocycles. The lowest BCUT2D eigenvalue weighted by Gasteiger charge is -2.18. The first kappa shape index (κ1) is 19.9. The number of halogens is 2. The standard InChI is InChI=1S/C18H13F2N5O4S/c19-10-5-6-25(9-10)30(27,28)24-16-4-2-14(20)17(13(16)8-21)29-11-1-3-15-12(7-11)18(26)23-22-15/h1-4,7,10,24H,5-6,9H2. The van der Waals surface area contributed by atoms with Crippen molar-refractivity contribution in [2.24, 2.45) is 10.2 Å². The van der Waals surface area contributed by atoms with Crippen molar-refractivity contribution in [3.8, 4) is 17.6 Å². The van der Waals surface area contributed by atoms with Crippen LogP contribution in [-0.2, 0) is 10.2 Å². The Morgan fingerprint density at radius 3 is 2.77 bits per heavy atom. The van der Waals surface area contributed by atoms with Crippen LogP contribution in [0.4, 0.5) is 20.2 Å². The number of anilines is 1. The summed E-state index contributed by atoms with van der Waals surface area (Å²) in [6.45, 7) is -0.316. The molecule has 12 heteroatoms. The van der Waals surface area contributed by atoms with E-state index in [-0.39, 0.29) is 36.5 Å². The topological polar surface area (TPSA) is 124 Å². The van der Waals surface area contributed by atoms with Crippen LogP contribution in [0.3, 0.4) is 0 Å². The van der Waals surface area contributed by atoms with Gasteiger partial charge in [-0.05, 0) is 36.8 Å². The second-order valence-corrected chi connectivity index (χ2v) is 8.22. The molecule has 0 aliphatic carbocycles. The molecular weight excluding hydrogens is 420 g/mol. The number of benzene rings is 2. The number of rotatable bonds is 5. The molecule has 2 heterocycles. The molecule has 1 atom stereocenters. The maximum Gasteiger partial charge on any atom is 0.301 e. The van der Waals surface area contributed by atoms with Gasteiger partial charge in [0.2, 0.25) is 0 Å². The van der Waals surface area contributed by atoms with Crippen LogP contribution in [0.25, 0.3) is 0 Å². The molecule has 0 saturated carbocycles. The van der Waals surface area contributed by atoms with Crippen LogP contribution >= 0.6 is 0 Å². The van der Waals surface area contributed by atoms with Crippen LogP contribution in [0.15, 0.2) is 40.6 Å². The molecule has 0 bridgehead atoms. The zero-order chi connectivity index (χ0) is 21.5. The minimum absolute atomic E-state index is 0.0117. The number of nitriles is 1. The number of hydrogen-bond donors (Lipinski definition) is 1. The monoisotopic (exact) mass is 433 g/mol. The highest BCUT2D eigenvalue weighted by atomic mass is 32.2. The summed E-state index contributed by atoms with van der Waals surface area (Å²) in [5.74, 6) is -2.00. The Morgan fingerprint density at radius 1 is 1.27 bits per heavy atom. The third-order valence-corrected chi connectivity index (χ3v) is 6.05. The summed E-state index contributed by atoms with van der Waals surface area (Å²) in [6, 6.07) is 7.86. The first-order valence-corrected chi connectivity index (χ1v) is 10.1. The number of carbonyl (C=O) groups is 1. The third kappa shape index (κ3) is 3.60.